The van der Waals surface area contributed by atoms with Crippen LogP contribution in [0.5, 0.6) is 0 Å². The molecule has 2 heterocycles. The van der Waals surface area contributed by atoms with Gasteiger partial charge in [0.05, 0.1) is 6.20 Å². The van der Waals surface area contributed by atoms with Gasteiger partial charge in [-0.25, -0.2) is 19.9 Å². The zero-order chi connectivity index (χ0) is 8.39. The largest absolute Gasteiger partial charge is 0.294 e. The predicted molar refractivity (Wildman–Crippen MR) is 40.5 cm³/mol. The molecule has 0 N–H and O–H groups in total. The number of carbonyl (C=O) groups excluding carboxylic acids is 1. The van der Waals surface area contributed by atoms with Gasteiger partial charge in [-0.15, -0.1) is 0 Å². The Morgan fingerprint density at radius 2 is 2.00 bits per heavy atom. The molecule has 0 bridgehead atoms. The highest BCUT2D eigenvalue weighted by atomic mass is 16.1. The number of hydrogen-bond acceptors (Lipinski definition) is 5. The average Bonchev–Trinajstić information content (AvgIpc) is 2.17. The summed E-state index contributed by atoms with van der Waals surface area (Å²) < 4.78 is 0. The molecule has 2 rings (SSSR count). The van der Waals surface area contributed by atoms with Crippen LogP contribution in [0.4, 0.5) is 0 Å². The van der Waals surface area contributed by atoms with Crippen LogP contribution in [0.25, 0.3) is 11.2 Å². The molecule has 5 nitrogen and oxygen atoms in total. The van der Waals surface area contributed by atoms with Gasteiger partial charge in [-0.1, -0.05) is 0 Å². The summed E-state index contributed by atoms with van der Waals surface area (Å²) >= 11 is 0. The van der Waals surface area contributed by atoms with E-state index in [0.29, 0.717) is 17.5 Å². The van der Waals surface area contributed by atoms with Crippen molar-refractivity contribution >= 4 is 17.5 Å². The van der Waals surface area contributed by atoms with Crippen LogP contribution in [0.1, 0.15) is 10.6 Å². The third-order valence-corrected chi connectivity index (χ3v) is 1.35. The summed E-state index contributed by atoms with van der Waals surface area (Å²) in [5, 5.41) is 0. The summed E-state index contributed by atoms with van der Waals surface area (Å²) in [6, 6.07) is 0. The summed E-state index contributed by atoms with van der Waals surface area (Å²) in [4.78, 5) is 25.7. The second kappa shape index (κ2) is 2.61. The lowest BCUT2D eigenvalue weighted by atomic mass is 10.5. The van der Waals surface area contributed by atoms with Gasteiger partial charge in [0.2, 0.25) is 0 Å². The second-order valence-electron chi connectivity index (χ2n) is 2.11. The lowest BCUT2D eigenvalue weighted by Crippen LogP contribution is -1.94. The van der Waals surface area contributed by atoms with Crippen LogP contribution in [0, 0.1) is 0 Å². The minimum atomic E-state index is 0.128. The standard InChI is InChI=1S/C7H4N4O/c12-4-6-10-3-5-7(11-6)9-2-1-8-5/h1-4H. The van der Waals surface area contributed by atoms with Gasteiger partial charge in [0.15, 0.2) is 17.8 Å². The van der Waals surface area contributed by atoms with Crippen molar-refractivity contribution in [2.45, 2.75) is 0 Å². The van der Waals surface area contributed by atoms with E-state index in [1.165, 1.54) is 12.4 Å². The fourth-order valence-electron chi connectivity index (χ4n) is 0.840. The van der Waals surface area contributed by atoms with E-state index in [9.17, 15) is 4.79 Å². The molecule has 0 saturated carbocycles. The van der Waals surface area contributed by atoms with E-state index in [2.05, 4.69) is 19.9 Å². The lowest BCUT2D eigenvalue weighted by Gasteiger charge is -1.92. The van der Waals surface area contributed by atoms with E-state index in [0.717, 1.165) is 0 Å². The molecule has 5 heteroatoms. The minimum Gasteiger partial charge on any atom is -0.294 e. The van der Waals surface area contributed by atoms with E-state index < -0.39 is 0 Å². The summed E-state index contributed by atoms with van der Waals surface area (Å²) in [5.41, 5.74) is 1.03. The van der Waals surface area contributed by atoms with E-state index in [1.807, 2.05) is 0 Å². The van der Waals surface area contributed by atoms with Gasteiger partial charge in [0.1, 0.15) is 5.52 Å². The fourth-order valence-corrected chi connectivity index (χ4v) is 0.840. The molecule has 0 aliphatic heterocycles. The second-order valence-corrected chi connectivity index (χ2v) is 2.11. The maximum atomic E-state index is 10.3. The Hall–Kier alpha value is -1.91. The summed E-state index contributed by atoms with van der Waals surface area (Å²) in [6.45, 7) is 0. The van der Waals surface area contributed by atoms with Gasteiger partial charge in [0.25, 0.3) is 0 Å². The van der Waals surface area contributed by atoms with Gasteiger partial charge in [-0.2, -0.15) is 0 Å². The first kappa shape index (κ1) is 6.78. The predicted octanol–water partition coefficient (Wildman–Crippen LogP) is 0.232. The van der Waals surface area contributed by atoms with Crippen molar-refractivity contribution in [1.82, 2.24) is 19.9 Å². The first-order valence-corrected chi connectivity index (χ1v) is 3.29. The molecule has 0 spiro atoms. The highest BCUT2D eigenvalue weighted by Gasteiger charge is 1.98. The van der Waals surface area contributed by atoms with Gasteiger partial charge >= 0.3 is 0 Å². The van der Waals surface area contributed by atoms with Crippen molar-refractivity contribution in [3.63, 3.8) is 0 Å². The Morgan fingerprint density at radius 1 is 1.17 bits per heavy atom. The molecule has 58 valence electrons. The monoisotopic (exact) mass is 160 g/mol. The number of rotatable bonds is 1. The summed E-state index contributed by atoms with van der Waals surface area (Å²) in [6.07, 6.45) is 5.11. The fraction of sp³-hybridized carbons (Fsp3) is 0. The van der Waals surface area contributed by atoms with Crippen LogP contribution < -0.4 is 0 Å². The van der Waals surface area contributed by atoms with Crippen molar-refractivity contribution in [2.75, 3.05) is 0 Å². The molecule has 0 saturated heterocycles. The van der Waals surface area contributed by atoms with Crippen molar-refractivity contribution in [3.05, 3.63) is 24.4 Å². The molecule has 12 heavy (non-hydrogen) atoms. The molecule has 0 atom stereocenters. The SMILES string of the molecule is O=Cc1ncc2nccnc2n1. The van der Waals surface area contributed by atoms with E-state index in [4.69, 9.17) is 0 Å². The molecule has 0 aliphatic carbocycles. The number of aromatic nitrogens is 4. The Kier molecular flexibility index (Phi) is 1.48. The Balaban J connectivity index is 2.75. The third-order valence-electron chi connectivity index (χ3n) is 1.35. The molecule has 2 aromatic rings. The molecule has 0 fully saturated rings. The van der Waals surface area contributed by atoms with Gasteiger partial charge in [0, 0.05) is 12.4 Å². The van der Waals surface area contributed by atoms with Crippen molar-refractivity contribution < 1.29 is 4.79 Å². The van der Waals surface area contributed by atoms with Crippen LogP contribution in [-0.4, -0.2) is 26.2 Å². The highest BCUT2D eigenvalue weighted by Crippen LogP contribution is 2.01. The third kappa shape index (κ3) is 1.01. The van der Waals surface area contributed by atoms with Crippen LogP contribution in [0.2, 0.25) is 0 Å². The number of aldehydes is 1. The van der Waals surface area contributed by atoms with Crippen molar-refractivity contribution in [2.24, 2.45) is 0 Å². The van der Waals surface area contributed by atoms with E-state index in [1.54, 1.807) is 6.20 Å². The Morgan fingerprint density at radius 3 is 2.83 bits per heavy atom. The smallest absolute Gasteiger partial charge is 0.194 e. The van der Waals surface area contributed by atoms with Crippen LogP contribution in [0.3, 0.4) is 0 Å². The van der Waals surface area contributed by atoms with E-state index >= 15 is 0 Å². The van der Waals surface area contributed by atoms with E-state index in [-0.39, 0.29) is 5.82 Å². The van der Waals surface area contributed by atoms with Crippen LogP contribution in [0.15, 0.2) is 18.6 Å². The quantitative estimate of drug-likeness (QED) is 0.558. The lowest BCUT2D eigenvalue weighted by molar-refractivity contribution is 0.111. The first-order chi connectivity index (χ1) is 5.90. The Labute approximate surface area is 67.5 Å². The van der Waals surface area contributed by atoms with Crippen LogP contribution >= 0.6 is 0 Å². The number of nitrogens with zero attached hydrogens (tertiary/aromatic N) is 4. The number of carbonyl (C=O) groups is 1. The number of fused-ring (bicyclic) bond motifs is 1. The van der Waals surface area contributed by atoms with Gasteiger partial charge in [-0.05, 0) is 0 Å². The topological polar surface area (TPSA) is 68.6 Å². The molecular weight excluding hydrogens is 156 g/mol. The molecule has 0 radical (unpaired) electrons. The number of hydrogen-bond donors (Lipinski definition) is 0. The van der Waals surface area contributed by atoms with Crippen molar-refractivity contribution in [3.8, 4) is 0 Å². The molecule has 0 amide bonds. The zero-order valence-corrected chi connectivity index (χ0v) is 6.01. The van der Waals surface area contributed by atoms with Crippen LogP contribution in [-0.2, 0) is 0 Å². The molecule has 0 unspecified atom stereocenters. The normalized spacial score (nSPS) is 10.0. The summed E-state index contributed by atoms with van der Waals surface area (Å²) in [5.74, 6) is 0.128. The molecular formula is C7H4N4O. The highest BCUT2D eigenvalue weighted by molar-refractivity contribution is 5.75. The maximum Gasteiger partial charge on any atom is 0.194 e. The molecule has 0 aromatic carbocycles. The Bertz CT molecular complexity index is 428. The first-order valence-electron chi connectivity index (χ1n) is 3.29. The summed E-state index contributed by atoms with van der Waals surface area (Å²) in [7, 11) is 0. The van der Waals surface area contributed by atoms with Gasteiger partial charge < -0.3 is 0 Å². The minimum absolute atomic E-state index is 0.128. The average molecular weight is 160 g/mol. The molecule has 0 aliphatic rings. The zero-order valence-electron chi connectivity index (χ0n) is 6.01. The maximum absolute atomic E-state index is 10.3. The van der Waals surface area contributed by atoms with Crippen molar-refractivity contribution in [1.29, 1.82) is 0 Å². The van der Waals surface area contributed by atoms with Gasteiger partial charge in [-0.3, -0.25) is 4.79 Å². The molecule has 2 aromatic heterocycles.